The number of hydrogen-bond donors (Lipinski definition) is 0. The molecule has 0 saturated heterocycles. The number of ether oxygens (including phenoxy) is 2. The van der Waals surface area contributed by atoms with E-state index < -0.39 is 10.0 Å². The number of fused-ring (bicyclic) bond motifs is 2. The van der Waals surface area contributed by atoms with Crippen LogP contribution in [0.2, 0.25) is 0 Å². The van der Waals surface area contributed by atoms with Crippen molar-refractivity contribution in [2.75, 3.05) is 35.5 Å². The fourth-order valence-electron chi connectivity index (χ4n) is 3.62. The number of nitrogens with zero attached hydrogens (tertiary/aromatic N) is 2. The average Bonchev–Trinajstić information content (AvgIpc) is 2.66. The molecule has 28 heavy (non-hydrogen) atoms. The Bertz CT molecular complexity index is 1060. The Morgan fingerprint density at radius 3 is 2.43 bits per heavy atom. The number of sulfonamides is 1. The van der Waals surface area contributed by atoms with E-state index in [9.17, 15) is 13.2 Å². The molecule has 0 N–H and O–H groups in total. The molecule has 0 fully saturated rings. The van der Waals surface area contributed by atoms with Crippen molar-refractivity contribution in [1.82, 2.24) is 0 Å². The lowest BCUT2D eigenvalue weighted by atomic mass is 10.1. The number of hydrogen-bond acceptors (Lipinski definition) is 5. The largest absolute Gasteiger partial charge is 0.489 e. The highest BCUT2D eigenvalue weighted by Crippen LogP contribution is 2.40. The molecule has 0 spiro atoms. The Morgan fingerprint density at radius 2 is 1.68 bits per heavy atom. The summed E-state index contributed by atoms with van der Waals surface area (Å²) in [5.41, 5.74) is 2.66. The summed E-state index contributed by atoms with van der Waals surface area (Å²) in [4.78, 5) is 13.7. The van der Waals surface area contributed by atoms with Gasteiger partial charge in [-0.3, -0.25) is 9.10 Å². The first kappa shape index (κ1) is 18.6. The van der Waals surface area contributed by atoms with Gasteiger partial charge in [0.2, 0.25) is 5.91 Å². The predicted molar refractivity (Wildman–Crippen MR) is 106 cm³/mol. The predicted octanol–water partition coefficient (Wildman–Crippen LogP) is 2.64. The zero-order valence-corrected chi connectivity index (χ0v) is 16.9. The second-order valence-corrected chi connectivity index (χ2v) is 8.83. The molecule has 7 nitrogen and oxygen atoms in total. The van der Waals surface area contributed by atoms with E-state index in [1.807, 2.05) is 19.1 Å². The lowest BCUT2D eigenvalue weighted by molar-refractivity contribution is -0.116. The highest BCUT2D eigenvalue weighted by Gasteiger charge is 2.33. The van der Waals surface area contributed by atoms with Gasteiger partial charge in [-0.15, -0.1) is 0 Å². The molecule has 1 amide bonds. The highest BCUT2D eigenvalue weighted by atomic mass is 32.2. The molecule has 8 heteroatoms. The van der Waals surface area contributed by atoms with E-state index in [2.05, 4.69) is 0 Å². The van der Waals surface area contributed by atoms with Crippen molar-refractivity contribution in [2.24, 2.45) is 0 Å². The Labute approximate surface area is 164 Å². The van der Waals surface area contributed by atoms with Crippen LogP contribution >= 0.6 is 0 Å². The van der Waals surface area contributed by atoms with Gasteiger partial charge in [-0.25, -0.2) is 8.42 Å². The minimum Gasteiger partial charge on any atom is -0.489 e. The summed E-state index contributed by atoms with van der Waals surface area (Å²) in [6, 6.07) is 8.73. The van der Waals surface area contributed by atoms with Gasteiger partial charge in [-0.05, 0) is 43.2 Å². The van der Waals surface area contributed by atoms with E-state index in [0.29, 0.717) is 41.6 Å². The van der Waals surface area contributed by atoms with Crippen LogP contribution in [-0.2, 0) is 14.8 Å². The highest BCUT2D eigenvalue weighted by molar-refractivity contribution is 7.93. The smallest absolute Gasteiger partial charge is 0.264 e. The third-order valence-corrected chi connectivity index (χ3v) is 6.96. The maximum Gasteiger partial charge on any atom is 0.264 e. The number of carbonyl (C=O) groups is 1. The summed E-state index contributed by atoms with van der Waals surface area (Å²) in [5, 5.41) is 0. The second-order valence-electron chi connectivity index (χ2n) is 7.00. The number of carbonyl (C=O) groups excluding carboxylic acids is 1. The van der Waals surface area contributed by atoms with Crippen LogP contribution in [0.25, 0.3) is 0 Å². The first-order valence-electron chi connectivity index (χ1n) is 9.11. The third-order valence-electron chi connectivity index (χ3n) is 5.00. The van der Waals surface area contributed by atoms with Crippen molar-refractivity contribution >= 4 is 27.3 Å². The molecular formula is C20H22N2O5S. The second kappa shape index (κ2) is 6.70. The average molecular weight is 402 g/mol. The van der Waals surface area contributed by atoms with E-state index in [1.54, 1.807) is 24.0 Å². The summed E-state index contributed by atoms with van der Waals surface area (Å²) >= 11 is 0. The summed E-state index contributed by atoms with van der Waals surface area (Å²) in [6.07, 6.45) is 0. The first-order chi connectivity index (χ1) is 13.3. The molecule has 2 aliphatic heterocycles. The molecule has 2 aliphatic rings. The van der Waals surface area contributed by atoms with E-state index >= 15 is 0 Å². The van der Waals surface area contributed by atoms with Crippen molar-refractivity contribution in [3.8, 4) is 11.5 Å². The number of aryl methyl sites for hydroxylation is 2. The lowest BCUT2D eigenvalue weighted by Crippen LogP contribution is -2.39. The first-order valence-corrected chi connectivity index (χ1v) is 10.5. The maximum absolute atomic E-state index is 13.5. The molecule has 2 aromatic carbocycles. The molecule has 2 heterocycles. The Kier molecular flexibility index (Phi) is 4.45. The number of amides is 1. The standard InChI is InChI=1S/C20H22N2O5S/c1-13-4-5-18-17(10-13)22(7-9-26-18)28(24,25)20-12-19-16(11-14(20)2)21(15(3)23)6-8-27-19/h4-5,10-12H,6-9H2,1-3H3. The quantitative estimate of drug-likeness (QED) is 0.772. The van der Waals surface area contributed by atoms with Crippen LogP contribution in [0.3, 0.4) is 0 Å². The summed E-state index contributed by atoms with van der Waals surface area (Å²) < 4.78 is 39.7. The number of rotatable bonds is 2. The van der Waals surface area contributed by atoms with Crippen LogP contribution in [0.15, 0.2) is 35.2 Å². The van der Waals surface area contributed by atoms with Gasteiger partial charge in [0.05, 0.1) is 29.4 Å². The van der Waals surface area contributed by atoms with Crippen molar-refractivity contribution in [3.63, 3.8) is 0 Å². The maximum atomic E-state index is 13.5. The van der Waals surface area contributed by atoms with E-state index in [1.165, 1.54) is 17.3 Å². The molecule has 0 aliphatic carbocycles. The van der Waals surface area contributed by atoms with Gasteiger partial charge in [0.15, 0.2) is 0 Å². The van der Waals surface area contributed by atoms with Crippen LogP contribution < -0.4 is 18.7 Å². The summed E-state index contributed by atoms with van der Waals surface area (Å²) in [5.74, 6) is 0.857. The van der Waals surface area contributed by atoms with Crippen LogP contribution in [0.1, 0.15) is 18.1 Å². The van der Waals surface area contributed by atoms with Crippen LogP contribution in [0, 0.1) is 13.8 Å². The molecule has 0 unspecified atom stereocenters. The van der Waals surface area contributed by atoms with Crippen LogP contribution in [0.5, 0.6) is 11.5 Å². The summed E-state index contributed by atoms with van der Waals surface area (Å²) in [6.45, 7) is 6.43. The van der Waals surface area contributed by atoms with Crippen LogP contribution in [-0.4, -0.2) is 40.6 Å². The van der Waals surface area contributed by atoms with Gasteiger partial charge in [-0.2, -0.15) is 0 Å². The third kappa shape index (κ3) is 2.97. The monoisotopic (exact) mass is 402 g/mol. The Hall–Kier alpha value is -2.74. The molecule has 0 aromatic heterocycles. The normalized spacial score (nSPS) is 16.0. The minimum absolute atomic E-state index is 0.0999. The van der Waals surface area contributed by atoms with Gasteiger partial charge in [0.25, 0.3) is 10.0 Å². The number of benzene rings is 2. The molecule has 0 bridgehead atoms. The van der Waals surface area contributed by atoms with Crippen molar-refractivity contribution in [2.45, 2.75) is 25.7 Å². The van der Waals surface area contributed by atoms with Crippen LogP contribution in [0.4, 0.5) is 11.4 Å². The van der Waals surface area contributed by atoms with Crippen molar-refractivity contribution in [3.05, 3.63) is 41.5 Å². The molecule has 0 radical (unpaired) electrons. The molecule has 4 rings (SSSR count). The lowest BCUT2D eigenvalue weighted by Gasteiger charge is -2.33. The minimum atomic E-state index is -3.82. The van der Waals surface area contributed by atoms with Crippen molar-refractivity contribution in [1.29, 1.82) is 0 Å². The number of anilines is 2. The van der Waals surface area contributed by atoms with E-state index in [-0.39, 0.29) is 24.0 Å². The fraction of sp³-hybridized carbons (Fsp3) is 0.350. The van der Waals surface area contributed by atoms with Gasteiger partial charge in [0.1, 0.15) is 24.7 Å². The Balaban J connectivity index is 1.82. The van der Waals surface area contributed by atoms with E-state index in [0.717, 1.165) is 5.56 Å². The van der Waals surface area contributed by atoms with Gasteiger partial charge >= 0.3 is 0 Å². The van der Waals surface area contributed by atoms with Crippen molar-refractivity contribution < 1.29 is 22.7 Å². The van der Waals surface area contributed by atoms with Gasteiger partial charge in [-0.1, -0.05) is 6.07 Å². The molecule has 0 atom stereocenters. The zero-order chi connectivity index (χ0) is 20.1. The fourth-order valence-corrected chi connectivity index (χ4v) is 5.30. The Morgan fingerprint density at radius 1 is 0.964 bits per heavy atom. The zero-order valence-electron chi connectivity index (χ0n) is 16.1. The topological polar surface area (TPSA) is 76.2 Å². The molecule has 2 aromatic rings. The summed E-state index contributed by atoms with van der Waals surface area (Å²) in [7, 11) is -3.82. The SMILES string of the molecule is CC(=O)N1CCOc2cc(S(=O)(=O)N3CCOc4ccc(C)cc43)c(C)cc21. The van der Waals surface area contributed by atoms with Gasteiger partial charge < -0.3 is 14.4 Å². The van der Waals surface area contributed by atoms with Gasteiger partial charge in [0, 0.05) is 13.0 Å². The van der Waals surface area contributed by atoms with E-state index in [4.69, 9.17) is 9.47 Å². The molecule has 148 valence electrons. The molecule has 0 saturated carbocycles. The molecular weight excluding hydrogens is 380 g/mol.